The van der Waals surface area contributed by atoms with E-state index in [2.05, 4.69) is 62.3 Å². The lowest BCUT2D eigenvalue weighted by molar-refractivity contribution is 0.0106. The van der Waals surface area contributed by atoms with Gasteiger partial charge in [-0.1, -0.05) is 114 Å². The van der Waals surface area contributed by atoms with Crippen LogP contribution in [0.5, 0.6) is 0 Å². The van der Waals surface area contributed by atoms with Gasteiger partial charge in [-0.15, -0.1) is 0 Å². The van der Waals surface area contributed by atoms with Crippen molar-refractivity contribution in [2.24, 2.45) is 93.2 Å². The molecule has 0 saturated heterocycles. The first-order valence-corrected chi connectivity index (χ1v) is 20.4. The van der Waals surface area contributed by atoms with Crippen LogP contribution in [0.4, 0.5) is 0 Å². The molecule has 6 rings (SSSR count). The smallest absolute Gasteiger partial charge is 0.0196 e. The molecule has 6 aliphatic rings. The maximum atomic E-state index is 2.75. The number of hydrogen-bond acceptors (Lipinski definition) is 0. The average Bonchev–Trinajstić information content (AvgIpc) is 3.25. The van der Waals surface area contributed by atoms with Gasteiger partial charge in [-0.3, -0.25) is 0 Å². The van der Waals surface area contributed by atoms with Crippen LogP contribution in [0.1, 0.15) is 178 Å². The van der Waals surface area contributed by atoms with Gasteiger partial charge < -0.3 is 0 Å². The molecule has 0 heterocycles. The van der Waals surface area contributed by atoms with Gasteiger partial charge >= 0.3 is 0 Å². The maximum absolute atomic E-state index is 2.75. The van der Waals surface area contributed by atoms with Crippen LogP contribution in [0, 0.1) is 93.2 Å². The molecule has 12 atom stereocenters. The summed E-state index contributed by atoms with van der Waals surface area (Å²) in [6, 6.07) is 0. The fourth-order valence-electron chi connectivity index (χ4n) is 15.1. The zero-order chi connectivity index (χ0) is 30.7. The van der Waals surface area contributed by atoms with Gasteiger partial charge in [0.25, 0.3) is 0 Å². The van der Waals surface area contributed by atoms with Crippen molar-refractivity contribution in [2.45, 2.75) is 178 Å². The highest BCUT2D eigenvalue weighted by Crippen LogP contribution is 2.89. The van der Waals surface area contributed by atoms with E-state index in [4.69, 9.17) is 0 Å². The summed E-state index contributed by atoms with van der Waals surface area (Å²) < 4.78 is 0. The van der Waals surface area contributed by atoms with Crippen LogP contribution in [0.25, 0.3) is 0 Å². The molecule has 0 amide bonds. The third-order valence-electron chi connectivity index (χ3n) is 16.6. The maximum Gasteiger partial charge on any atom is -0.0196 e. The normalized spacial score (nSPS) is 44.3. The fourth-order valence-corrected chi connectivity index (χ4v) is 15.1. The predicted molar refractivity (Wildman–Crippen MR) is 187 cm³/mol. The summed E-state index contributed by atoms with van der Waals surface area (Å²) >= 11 is 0. The second kappa shape index (κ2) is 12.6. The van der Waals surface area contributed by atoms with Crippen molar-refractivity contribution in [2.75, 3.05) is 0 Å². The van der Waals surface area contributed by atoms with E-state index in [0.717, 1.165) is 76.9 Å². The van der Waals surface area contributed by atoms with Gasteiger partial charge in [0, 0.05) is 0 Å². The monoisotopic (exact) mass is 593 g/mol. The van der Waals surface area contributed by atoms with E-state index in [9.17, 15) is 0 Å². The molecule has 0 bridgehead atoms. The molecule has 0 aliphatic heterocycles. The number of hydrogen-bond donors (Lipinski definition) is 0. The van der Waals surface area contributed by atoms with Crippen molar-refractivity contribution in [1.29, 1.82) is 0 Å². The van der Waals surface area contributed by atoms with Crippen molar-refractivity contribution >= 4 is 0 Å². The van der Waals surface area contributed by atoms with E-state index in [-0.39, 0.29) is 0 Å². The van der Waals surface area contributed by atoms with Gasteiger partial charge in [-0.05, 0) is 157 Å². The van der Waals surface area contributed by atoms with Crippen LogP contribution in [0.15, 0.2) is 0 Å². The van der Waals surface area contributed by atoms with Crippen LogP contribution in [-0.2, 0) is 0 Å². The Kier molecular flexibility index (Phi) is 9.61. The summed E-state index contributed by atoms with van der Waals surface area (Å²) in [5.74, 6) is 12.8. The van der Waals surface area contributed by atoms with Crippen molar-refractivity contribution < 1.29 is 0 Å². The SMILES string of the molecule is CC(C)CC(C)C1CC2C(C)(C)C(C(C)CCC(C)C3CCC(CC4CCCC4)C4CCCCC34)CC23CC13CC(C)C. The minimum absolute atomic E-state index is 0.528. The van der Waals surface area contributed by atoms with Gasteiger partial charge in [0.1, 0.15) is 0 Å². The van der Waals surface area contributed by atoms with Gasteiger partial charge in [-0.2, -0.15) is 0 Å². The molecule has 0 N–H and O–H groups in total. The lowest BCUT2D eigenvalue weighted by atomic mass is 9.56. The molecule has 12 unspecified atom stereocenters. The number of fused-ring (bicyclic) bond motifs is 1. The van der Waals surface area contributed by atoms with E-state index in [1.54, 1.807) is 64.2 Å². The predicted octanol–water partition coefficient (Wildman–Crippen LogP) is 13.2. The minimum Gasteiger partial charge on any atom is -0.0628 e. The molecule has 0 heteroatoms. The van der Waals surface area contributed by atoms with Crippen molar-refractivity contribution in [1.82, 2.24) is 0 Å². The molecule has 6 saturated carbocycles. The van der Waals surface area contributed by atoms with Gasteiger partial charge in [-0.25, -0.2) is 0 Å². The summed E-state index contributed by atoms with van der Waals surface area (Å²) in [5, 5.41) is 0. The third kappa shape index (κ3) is 5.87. The second-order valence-electron chi connectivity index (χ2n) is 20.3. The van der Waals surface area contributed by atoms with Crippen LogP contribution in [0.3, 0.4) is 0 Å². The lowest BCUT2D eigenvalue weighted by Crippen LogP contribution is -2.40. The molecule has 6 fully saturated rings. The molecule has 0 aromatic carbocycles. The summed E-state index contributed by atoms with van der Waals surface area (Å²) in [6.07, 6.45) is 27.8. The Morgan fingerprint density at radius 3 is 1.98 bits per heavy atom. The van der Waals surface area contributed by atoms with E-state index in [0.29, 0.717) is 16.2 Å². The van der Waals surface area contributed by atoms with Crippen LogP contribution < -0.4 is 0 Å². The molecular weight excluding hydrogens is 516 g/mol. The summed E-state index contributed by atoms with van der Waals surface area (Å²) in [5.41, 5.74) is 1.92. The lowest BCUT2D eigenvalue weighted by Gasteiger charge is -2.49. The van der Waals surface area contributed by atoms with E-state index < -0.39 is 0 Å². The summed E-state index contributed by atoms with van der Waals surface area (Å²) in [4.78, 5) is 0. The molecule has 0 radical (unpaired) electrons. The second-order valence-corrected chi connectivity index (χ2v) is 20.3. The first-order chi connectivity index (χ1) is 20.4. The quantitative estimate of drug-likeness (QED) is 0.211. The highest BCUT2D eigenvalue weighted by molar-refractivity contribution is 5.30. The van der Waals surface area contributed by atoms with Crippen LogP contribution >= 0.6 is 0 Å². The Labute approximate surface area is 270 Å². The summed E-state index contributed by atoms with van der Waals surface area (Å²) in [7, 11) is 0. The third-order valence-corrected chi connectivity index (χ3v) is 16.6. The molecule has 0 aromatic heterocycles. The Bertz CT molecular complexity index is 920. The van der Waals surface area contributed by atoms with Crippen molar-refractivity contribution in [3.05, 3.63) is 0 Å². The van der Waals surface area contributed by atoms with Crippen molar-refractivity contribution in [3.63, 3.8) is 0 Å². The zero-order valence-electron chi connectivity index (χ0n) is 30.7. The summed E-state index contributed by atoms with van der Waals surface area (Å²) in [6.45, 7) is 23.6. The highest BCUT2D eigenvalue weighted by atomic mass is 14.9. The highest BCUT2D eigenvalue weighted by Gasteiger charge is 2.82. The Morgan fingerprint density at radius 2 is 1.30 bits per heavy atom. The van der Waals surface area contributed by atoms with Gasteiger partial charge in [0.15, 0.2) is 0 Å². The fraction of sp³-hybridized carbons (Fsp3) is 1.00. The van der Waals surface area contributed by atoms with Crippen molar-refractivity contribution in [3.8, 4) is 0 Å². The topological polar surface area (TPSA) is 0 Å². The largest absolute Gasteiger partial charge is 0.0628 e. The first-order valence-electron chi connectivity index (χ1n) is 20.4. The van der Waals surface area contributed by atoms with E-state index in [1.165, 1.54) is 51.4 Å². The van der Waals surface area contributed by atoms with Gasteiger partial charge in [0.05, 0.1) is 0 Å². The Hall–Kier alpha value is 0. The molecular formula is C43H76. The average molecular weight is 593 g/mol. The molecule has 0 aromatic rings. The molecule has 43 heavy (non-hydrogen) atoms. The van der Waals surface area contributed by atoms with Gasteiger partial charge in [0.2, 0.25) is 0 Å². The van der Waals surface area contributed by atoms with Crippen LogP contribution in [-0.4, -0.2) is 0 Å². The molecule has 248 valence electrons. The molecule has 6 aliphatic carbocycles. The Morgan fingerprint density at radius 1 is 0.651 bits per heavy atom. The zero-order valence-corrected chi connectivity index (χ0v) is 30.7. The number of rotatable bonds is 12. The first kappa shape index (κ1) is 32.9. The van der Waals surface area contributed by atoms with E-state index in [1.807, 2.05) is 0 Å². The van der Waals surface area contributed by atoms with E-state index >= 15 is 0 Å². The standard InChI is InChI=1S/C43H76/c1-28(2)22-32(7)38-24-40-41(8,9)39(26-43(40)27-42(38,43)25-29(3)4)31(6)19-18-30(5)35-21-20-34(23-33-14-10-11-15-33)36-16-12-13-17-37(35)36/h28-40H,10-27H2,1-9H3. The molecule has 0 nitrogen and oxygen atoms in total. The molecule has 1 spiro atoms. The Balaban J connectivity index is 1.09. The van der Waals surface area contributed by atoms with Crippen LogP contribution in [0.2, 0.25) is 0 Å². The minimum atomic E-state index is 0.528.